The van der Waals surface area contributed by atoms with Crippen LogP contribution in [0.5, 0.6) is 0 Å². The molecular weight excluding hydrogens is 1120 g/mol. The Labute approximate surface area is 509 Å². The fourth-order valence-corrected chi connectivity index (χ4v) is 11.5. The predicted molar refractivity (Wildman–Crippen MR) is 358 cm³/mol. The molecule has 0 unspecified atom stereocenters. The third-order valence-corrected chi connectivity index (χ3v) is 16.8. The first kappa shape index (κ1) is 55.4. The van der Waals surface area contributed by atoms with Gasteiger partial charge in [0.25, 0.3) is 0 Å². The van der Waals surface area contributed by atoms with E-state index in [0.29, 0.717) is 34.9 Å². The van der Waals surface area contributed by atoms with Gasteiger partial charge < -0.3 is 9.31 Å². The molecule has 0 atom stereocenters. The second-order valence-corrected chi connectivity index (χ2v) is 23.0. The maximum atomic E-state index is 6.25. The Hall–Kier alpha value is -9.84. The smallest absolute Gasteiger partial charge is 0.399 e. The Kier molecular flexibility index (Phi) is 15.5. The summed E-state index contributed by atoms with van der Waals surface area (Å²) in [5.41, 5.74) is 8.16. The Morgan fingerprint density at radius 2 is 0.558 bits per heavy atom. The van der Waals surface area contributed by atoms with Crippen molar-refractivity contribution in [2.45, 2.75) is 38.9 Å². The summed E-state index contributed by atoms with van der Waals surface area (Å²) in [5.74, 6) is 3.87. The molecule has 1 aliphatic rings. The number of rotatable bonds is 8. The molecule has 8 nitrogen and oxygen atoms in total. The summed E-state index contributed by atoms with van der Waals surface area (Å²) in [6, 6.07) is 95.3. The first-order valence-electron chi connectivity index (χ1n) is 28.8. The van der Waals surface area contributed by atoms with Crippen LogP contribution in [0.15, 0.2) is 284 Å². The normalized spacial score (nSPS) is 13.2. The lowest BCUT2D eigenvalue weighted by molar-refractivity contribution is 0.00578. The van der Waals surface area contributed by atoms with Gasteiger partial charge in [0, 0.05) is 37.9 Å². The summed E-state index contributed by atoms with van der Waals surface area (Å²) in [6.07, 6.45) is 0. The van der Waals surface area contributed by atoms with Crippen molar-refractivity contribution in [2.24, 2.45) is 0 Å². The van der Waals surface area contributed by atoms with E-state index < -0.39 is 18.3 Å². The monoisotopic (exact) mass is 1180 g/mol. The Bertz CT molecular complexity index is 4500. The second kappa shape index (κ2) is 24.0. The lowest BCUT2D eigenvalue weighted by Crippen LogP contribution is -2.41. The third-order valence-electron chi connectivity index (χ3n) is 16.0. The van der Waals surface area contributed by atoms with Gasteiger partial charge in [-0.2, -0.15) is 0 Å². The molecule has 0 saturated carbocycles. The number of halogens is 1. The van der Waals surface area contributed by atoms with Gasteiger partial charge in [0.05, 0.1) is 11.2 Å². The minimum atomic E-state index is -0.445. The van der Waals surface area contributed by atoms with Gasteiger partial charge in [-0.1, -0.05) is 261 Å². The zero-order valence-electron chi connectivity index (χ0n) is 48.0. The second-order valence-electron chi connectivity index (χ2n) is 22.2. The quantitative estimate of drug-likeness (QED) is 0.110. The number of nitrogens with zero attached hydrogens (tertiary/aromatic N) is 6. The maximum Gasteiger partial charge on any atom is 0.494 e. The van der Waals surface area contributed by atoms with E-state index >= 15 is 0 Å². The molecule has 12 aromatic carbocycles. The Balaban J connectivity index is 0.000000130. The topological polar surface area (TPSA) is 95.8 Å². The summed E-state index contributed by atoms with van der Waals surface area (Å²) in [7, 11) is -0.445. The fourth-order valence-electron chi connectivity index (χ4n) is 10.8. The molecule has 14 aromatic rings. The number of fused-ring (bicyclic) bond motifs is 4. The molecule has 2 aromatic heterocycles. The molecule has 1 fully saturated rings. The van der Waals surface area contributed by atoms with Crippen LogP contribution in [0, 0.1) is 0 Å². The number of hydrogen-bond acceptors (Lipinski definition) is 8. The molecule has 10 heteroatoms. The van der Waals surface area contributed by atoms with Crippen molar-refractivity contribution < 1.29 is 9.31 Å². The molecule has 414 valence electrons. The zero-order chi connectivity index (χ0) is 58.6. The summed E-state index contributed by atoms with van der Waals surface area (Å²) >= 11 is 3.68. The molecule has 15 rings (SSSR count). The van der Waals surface area contributed by atoms with Crippen molar-refractivity contribution in [2.75, 3.05) is 0 Å². The van der Waals surface area contributed by atoms with Crippen LogP contribution in [0.4, 0.5) is 0 Å². The third kappa shape index (κ3) is 11.6. The van der Waals surface area contributed by atoms with Gasteiger partial charge in [-0.05, 0) is 122 Å². The van der Waals surface area contributed by atoms with Gasteiger partial charge in [-0.15, -0.1) is 0 Å². The van der Waals surface area contributed by atoms with E-state index in [1.54, 1.807) is 0 Å². The van der Waals surface area contributed by atoms with Crippen molar-refractivity contribution in [3.63, 3.8) is 0 Å². The Morgan fingerprint density at radius 1 is 0.279 bits per heavy atom. The van der Waals surface area contributed by atoms with Crippen LogP contribution >= 0.6 is 15.9 Å². The standard InChI is InChI=1S/C35H23N3.C27H26BN3O2.C14H9Br/c1-3-12-24(13-4-1)33-36-34(25-14-5-2-6-15-25)38-35(37-33)29-19-11-18-28(23-29)32-30-20-9-7-16-26(30)22-27-17-8-10-21-31(27)32;1-26(2)27(3,4)33-28(32-26)22-17-11-16-21(18-22)25-30-23(19-12-7-5-8-13-19)29-24(31-25)20-14-9-6-10-15-20;15-14-12-7-3-1-5-10(12)9-11-6-2-4-8-13(11)14/h1-23H;5-18H,1-4H3;1-9H. The molecule has 3 heterocycles. The van der Waals surface area contributed by atoms with Crippen LogP contribution in [0.3, 0.4) is 0 Å². The summed E-state index contributed by atoms with van der Waals surface area (Å²) in [5, 5.41) is 10.0. The van der Waals surface area contributed by atoms with E-state index in [1.807, 2.05) is 146 Å². The first-order valence-corrected chi connectivity index (χ1v) is 29.6. The van der Waals surface area contributed by atoms with Crippen LogP contribution in [0.2, 0.25) is 0 Å². The van der Waals surface area contributed by atoms with E-state index in [9.17, 15) is 0 Å². The van der Waals surface area contributed by atoms with Crippen LogP contribution in [-0.2, 0) is 9.31 Å². The molecule has 0 N–H and O–H groups in total. The first-order chi connectivity index (χ1) is 42.0. The van der Waals surface area contributed by atoms with Gasteiger partial charge in [-0.25, -0.2) is 29.9 Å². The van der Waals surface area contributed by atoms with Gasteiger partial charge >= 0.3 is 7.12 Å². The van der Waals surface area contributed by atoms with E-state index in [4.69, 9.17) is 39.2 Å². The van der Waals surface area contributed by atoms with E-state index in [0.717, 1.165) is 44.4 Å². The van der Waals surface area contributed by atoms with Crippen LogP contribution in [-0.4, -0.2) is 48.2 Å². The number of benzene rings is 12. The molecular formula is C76H58BBrN6O2. The molecule has 86 heavy (non-hydrogen) atoms. The van der Waals surface area contributed by atoms with Crippen LogP contribution in [0.25, 0.3) is 123 Å². The SMILES string of the molecule is Brc1c2ccccc2cc2ccccc12.CC1(C)OB(c2cccc(-c3nc(-c4ccccc4)nc(-c4ccccc4)n3)c2)OC1(C)C.c1ccc(-c2nc(-c3ccccc3)nc(-c3cccc(-c4c5ccccc5cc5ccccc45)c3)n2)cc1. The van der Waals surface area contributed by atoms with Gasteiger partial charge in [0.15, 0.2) is 34.9 Å². The highest BCUT2D eigenvalue weighted by molar-refractivity contribution is 9.10. The average molecular weight is 1180 g/mol. The summed E-state index contributed by atoms with van der Waals surface area (Å²) < 4.78 is 13.7. The fraction of sp³-hybridized carbons (Fsp3) is 0.0789. The van der Waals surface area contributed by atoms with Crippen molar-refractivity contribution in [3.8, 4) is 79.5 Å². The molecule has 0 spiro atoms. The molecule has 0 radical (unpaired) electrons. The summed E-state index contributed by atoms with van der Waals surface area (Å²) in [6.45, 7) is 8.23. The van der Waals surface area contributed by atoms with E-state index in [2.05, 4.69) is 177 Å². The highest BCUT2D eigenvalue weighted by Gasteiger charge is 2.51. The molecule has 0 bridgehead atoms. The zero-order valence-corrected chi connectivity index (χ0v) is 49.6. The number of hydrogen-bond donors (Lipinski definition) is 0. The highest BCUT2D eigenvalue weighted by atomic mass is 79.9. The van der Waals surface area contributed by atoms with Gasteiger partial charge in [0.1, 0.15) is 0 Å². The Morgan fingerprint density at radius 3 is 0.942 bits per heavy atom. The highest BCUT2D eigenvalue weighted by Crippen LogP contribution is 2.40. The molecule has 0 aliphatic carbocycles. The minimum Gasteiger partial charge on any atom is -0.399 e. The lowest BCUT2D eigenvalue weighted by Gasteiger charge is -2.32. The average Bonchev–Trinajstić information content (AvgIpc) is 1.78. The predicted octanol–water partition coefficient (Wildman–Crippen LogP) is 18.8. The van der Waals surface area contributed by atoms with Gasteiger partial charge in [-0.3, -0.25) is 0 Å². The van der Waals surface area contributed by atoms with Crippen molar-refractivity contribution >= 4 is 71.6 Å². The lowest BCUT2D eigenvalue weighted by atomic mass is 9.78. The minimum absolute atomic E-state index is 0.401. The van der Waals surface area contributed by atoms with Crippen molar-refractivity contribution in [1.29, 1.82) is 0 Å². The summed E-state index contributed by atoms with van der Waals surface area (Å²) in [4.78, 5) is 29.1. The van der Waals surface area contributed by atoms with Crippen molar-refractivity contribution in [1.82, 2.24) is 29.9 Å². The van der Waals surface area contributed by atoms with Crippen molar-refractivity contribution in [3.05, 3.63) is 284 Å². The molecule has 0 amide bonds. The van der Waals surface area contributed by atoms with Crippen LogP contribution < -0.4 is 5.46 Å². The van der Waals surface area contributed by atoms with E-state index in [1.165, 1.54) is 53.1 Å². The molecule has 1 saturated heterocycles. The maximum absolute atomic E-state index is 6.25. The number of aromatic nitrogens is 6. The molecule has 1 aliphatic heterocycles. The largest absolute Gasteiger partial charge is 0.494 e. The van der Waals surface area contributed by atoms with Gasteiger partial charge in [0.2, 0.25) is 0 Å². The van der Waals surface area contributed by atoms with E-state index in [-0.39, 0.29) is 0 Å². The van der Waals surface area contributed by atoms with Crippen LogP contribution in [0.1, 0.15) is 27.7 Å².